The van der Waals surface area contributed by atoms with Crippen LogP contribution >= 0.6 is 11.8 Å². The van der Waals surface area contributed by atoms with E-state index in [1.165, 1.54) is 22.9 Å². The molecule has 3 aromatic rings. The second kappa shape index (κ2) is 9.97. The number of morpholine rings is 1. The molecule has 172 valence electrons. The van der Waals surface area contributed by atoms with Crippen LogP contribution in [0.25, 0.3) is 5.69 Å². The van der Waals surface area contributed by atoms with Gasteiger partial charge < -0.3 is 14.5 Å². The van der Waals surface area contributed by atoms with Crippen LogP contribution in [0.15, 0.2) is 59.8 Å². The van der Waals surface area contributed by atoms with Crippen LogP contribution < -0.4 is 4.90 Å². The van der Waals surface area contributed by atoms with Crippen molar-refractivity contribution in [2.45, 2.75) is 37.5 Å². The molecule has 2 aliphatic rings. The third kappa shape index (κ3) is 5.23. The summed E-state index contributed by atoms with van der Waals surface area (Å²) in [6.07, 6.45) is 2.17. The standard InChI is InChI=1S/C25H29N5O2S/c1-19-7-9-22(10-8-19)30-24(28-13-15-32-16-14-28)26-27-25(30)33-18-23(31)29(21-11-12-21)17-20-5-3-2-4-6-20/h2-10,21H,11-18H2,1H3. The highest BCUT2D eigenvalue weighted by Crippen LogP contribution is 2.31. The minimum absolute atomic E-state index is 0.151. The van der Waals surface area contributed by atoms with Gasteiger partial charge in [0.25, 0.3) is 0 Å². The van der Waals surface area contributed by atoms with Crippen molar-refractivity contribution in [3.63, 3.8) is 0 Å². The fraction of sp³-hybridized carbons (Fsp3) is 0.400. The normalized spacial score (nSPS) is 16.1. The average Bonchev–Trinajstić information content (AvgIpc) is 3.61. The van der Waals surface area contributed by atoms with E-state index in [4.69, 9.17) is 4.74 Å². The molecule has 1 saturated heterocycles. The Hall–Kier alpha value is -2.84. The second-order valence-electron chi connectivity index (χ2n) is 8.58. The van der Waals surface area contributed by atoms with Gasteiger partial charge in [0.1, 0.15) is 0 Å². The first-order chi connectivity index (χ1) is 16.2. The van der Waals surface area contributed by atoms with Crippen LogP contribution in [-0.2, 0) is 16.1 Å². The highest BCUT2D eigenvalue weighted by Gasteiger charge is 2.33. The third-order valence-corrected chi connectivity index (χ3v) is 6.94. The monoisotopic (exact) mass is 463 g/mol. The van der Waals surface area contributed by atoms with E-state index in [9.17, 15) is 4.79 Å². The van der Waals surface area contributed by atoms with E-state index in [1.807, 2.05) is 23.1 Å². The fourth-order valence-corrected chi connectivity index (χ4v) is 4.87. The summed E-state index contributed by atoms with van der Waals surface area (Å²) >= 11 is 1.46. The van der Waals surface area contributed by atoms with Gasteiger partial charge in [-0.05, 0) is 37.5 Å². The Labute approximate surface area is 198 Å². The number of hydrogen-bond donors (Lipinski definition) is 0. The molecule has 8 heteroatoms. The molecule has 0 unspecified atom stereocenters. The van der Waals surface area contributed by atoms with E-state index in [0.717, 1.165) is 42.7 Å². The number of ether oxygens (including phenoxy) is 1. The molecular formula is C25H29N5O2S. The molecule has 0 bridgehead atoms. The highest BCUT2D eigenvalue weighted by atomic mass is 32.2. The predicted molar refractivity (Wildman–Crippen MR) is 130 cm³/mol. The first-order valence-corrected chi connectivity index (χ1v) is 12.5. The minimum atomic E-state index is 0.151. The van der Waals surface area contributed by atoms with Crippen molar-refractivity contribution in [2.24, 2.45) is 0 Å². The van der Waals surface area contributed by atoms with Crippen LogP contribution in [0.5, 0.6) is 0 Å². The molecule has 2 fully saturated rings. The molecule has 1 saturated carbocycles. The summed E-state index contributed by atoms with van der Waals surface area (Å²) in [5.74, 6) is 1.30. The fourth-order valence-electron chi connectivity index (χ4n) is 4.04. The molecule has 1 aliphatic heterocycles. The van der Waals surface area contributed by atoms with Crippen LogP contribution in [0.1, 0.15) is 24.0 Å². The topological polar surface area (TPSA) is 63.5 Å². The molecular weight excluding hydrogens is 434 g/mol. The van der Waals surface area contributed by atoms with E-state index >= 15 is 0 Å². The average molecular weight is 464 g/mol. The van der Waals surface area contributed by atoms with Gasteiger partial charge in [-0.1, -0.05) is 59.8 Å². The summed E-state index contributed by atoms with van der Waals surface area (Å²) in [4.78, 5) is 17.5. The zero-order valence-electron chi connectivity index (χ0n) is 18.9. The summed E-state index contributed by atoms with van der Waals surface area (Å²) < 4.78 is 7.59. The van der Waals surface area contributed by atoms with Gasteiger partial charge in [-0.25, -0.2) is 0 Å². The number of benzene rings is 2. The number of thioether (sulfide) groups is 1. The molecule has 0 radical (unpaired) electrons. The molecule has 1 aromatic heterocycles. The van der Waals surface area contributed by atoms with Gasteiger partial charge in [0.15, 0.2) is 5.16 Å². The van der Waals surface area contributed by atoms with Gasteiger partial charge in [0, 0.05) is 25.7 Å². The Morgan fingerprint density at radius 1 is 1.06 bits per heavy atom. The lowest BCUT2D eigenvalue weighted by Crippen LogP contribution is -2.38. The number of amides is 1. The molecule has 33 heavy (non-hydrogen) atoms. The maximum absolute atomic E-state index is 13.2. The van der Waals surface area contributed by atoms with Crippen molar-refractivity contribution < 1.29 is 9.53 Å². The summed E-state index contributed by atoms with van der Waals surface area (Å²) in [5, 5.41) is 9.74. The van der Waals surface area contributed by atoms with Crippen LogP contribution in [0, 0.1) is 6.92 Å². The van der Waals surface area contributed by atoms with Gasteiger partial charge in [-0.2, -0.15) is 0 Å². The van der Waals surface area contributed by atoms with E-state index in [2.05, 4.69) is 63.0 Å². The zero-order chi connectivity index (χ0) is 22.6. The van der Waals surface area contributed by atoms with Crippen molar-refractivity contribution in [1.82, 2.24) is 19.7 Å². The maximum atomic E-state index is 13.2. The Morgan fingerprint density at radius 3 is 2.48 bits per heavy atom. The van der Waals surface area contributed by atoms with E-state index in [1.54, 1.807) is 0 Å². The Morgan fingerprint density at radius 2 is 1.79 bits per heavy atom. The summed E-state index contributed by atoms with van der Waals surface area (Å²) in [6.45, 7) is 5.65. The van der Waals surface area contributed by atoms with Gasteiger partial charge >= 0.3 is 0 Å². The van der Waals surface area contributed by atoms with E-state index < -0.39 is 0 Å². The number of rotatable bonds is 8. The van der Waals surface area contributed by atoms with Gasteiger partial charge in [-0.15, -0.1) is 10.2 Å². The summed E-state index contributed by atoms with van der Waals surface area (Å²) in [6, 6.07) is 18.9. The van der Waals surface area contributed by atoms with Gasteiger partial charge in [-0.3, -0.25) is 9.36 Å². The number of anilines is 1. The van der Waals surface area contributed by atoms with Gasteiger partial charge in [0.2, 0.25) is 11.9 Å². The predicted octanol–water partition coefficient (Wildman–Crippen LogP) is 3.70. The van der Waals surface area contributed by atoms with Crippen LogP contribution in [0.3, 0.4) is 0 Å². The minimum Gasteiger partial charge on any atom is -0.378 e. The molecule has 1 aliphatic carbocycles. The SMILES string of the molecule is Cc1ccc(-n2c(SCC(=O)N(Cc3ccccc3)C3CC3)nnc2N2CCOCC2)cc1. The molecule has 2 aromatic carbocycles. The Balaban J connectivity index is 1.35. The zero-order valence-corrected chi connectivity index (χ0v) is 19.7. The molecule has 0 N–H and O–H groups in total. The van der Waals surface area contributed by atoms with Crippen molar-refractivity contribution in [3.8, 4) is 5.69 Å². The highest BCUT2D eigenvalue weighted by molar-refractivity contribution is 7.99. The Bertz CT molecular complexity index is 1080. The van der Waals surface area contributed by atoms with Crippen molar-refractivity contribution in [3.05, 3.63) is 65.7 Å². The van der Waals surface area contributed by atoms with Crippen molar-refractivity contribution in [1.29, 1.82) is 0 Å². The van der Waals surface area contributed by atoms with Crippen molar-refractivity contribution in [2.75, 3.05) is 37.0 Å². The molecule has 0 spiro atoms. The van der Waals surface area contributed by atoms with Crippen LogP contribution in [0.4, 0.5) is 5.95 Å². The number of carbonyl (C=O) groups is 1. The third-order valence-electron chi connectivity index (χ3n) is 6.03. The van der Waals surface area contributed by atoms with E-state index in [-0.39, 0.29) is 5.91 Å². The lowest BCUT2D eigenvalue weighted by Gasteiger charge is -2.28. The van der Waals surface area contributed by atoms with Crippen molar-refractivity contribution >= 4 is 23.6 Å². The number of aromatic nitrogens is 3. The number of nitrogens with zero attached hydrogens (tertiary/aromatic N) is 5. The molecule has 2 heterocycles. The maximum Gasteiger partial charge on any atom is 0.233 e. The molecule has 0 atom stereocenters. The molecule has 7 nitrogen and oxygen atoms in total. The number of carbonyl (C=O) groups excluding carboxylic acids is 1. The summed E-state index contributed by atoms with van der Waals surface area (Å²) in [5.41, 5.74) is 3.37. The smallest absolute Gasteiger partial charge is 0.233 e. The Kier molecular flexibility index (Phi) is 6.64. The molecule has 5 rings (SSSR count). The van der Waals surface area contributed by atoms with Crippen LogP contribution in [0.2, 0.25) is 0 Å². The van der Waals surface area contributed by atoms with E-state index in [0.29, 0.717) is 31.6 Å². The number of hydrogen-bond acceptors (Lipinski definition) is 6. The largest absolute Gasteiger partial charge is 0.378 e. The number of aryl methyl sites for hydroxylation is 1. The first-order valence-electron chi connectivity index (χ1n) is 11.5. The van der Waals surface area contributed by atoms with Gasteiger partial charge in [0.05, 0.1) is 24.7 Å². The lowest BCUT2D eigenvalue weighted by molar-refractivity contribution is -0.129. The first kappa shape index (κ1) is 22.0. The summed E-state index contributed by atoms with van der Waals surface area (Å²) in [7, 11) is 0. The second-order valence-corrected chi connectivity index (χ2v) is 9.52. The van der Waals surface area contributed by atoms with Crippen LogP contribution in [-0.4, -0.2) is 63.7 Å². The quantitative estimate of drug-likeness (QED) is 0.475. The lowest BCUT2D eigenvalue weighted by atomic mass is 10.2. The molecule has 1 amide bonds.